The van der Waals surface area contributed by atoms with Gasteiger partial charge in [0, 0.05) is 47.9 Å². The van der Waals surface area contributed by atoms with Crippen LogP contribution in [0.25, 0.3) is 32.9 Å². The van der Waals surface area contributed by atoms with Crippen LogP contribution < -0.4 is 4.90 Å². The summed E-state index contributed by atoms with van der Waals surface area (Å²) in [7, 11) is 0. The smallest absolute Gasteiger partial charge is 0.245 e. The number of aromatic amines is 1. The quantitative estimate of drug-likeness (QED) is 0.441. The predicted octanol–water partition coefficient (Wildman–Crippen LogP) is 4.96. The number of hydrogen-bond acceptors (Lipinski definition) is 4. The highest BCUT2D eigenvalue weighted by Gasteiger charge is 2.49. The molecule has 6 rings (SSSR count). The summed E-state index contributed by atoms with van der Waals surface area (Å²) in [6.07, 6.45) is 4.28. The van der Waals surface area contributed by atoms with Crippen molar-refractivity contribution in [3.63, 3.8) is 0 Å². The van der Waals surface area contributed by atoms with Crippen LogP contribution >= 0.6 is 11.6 Å². The molecule has 33 heavy (non-hydrogen) atoms. The number of carbonyl (C=O) groups excluding carboxylic acids is 1. The van der Waals surface area contributed by atoms with Gasteiger partial charge in [0.05, 0.1) is 22.3 Å². The van der Waals surface area contributed by atoms with E-state index in [1.807, 2.05) is 29.3 Å². The number of halogens is 1. The van der Waals surface area contributed by atoms with Crippen LogP contribution in [0.1, 0.15) is 12.0 Å². The molecule has 166 valence electrons. The maximum Gasteiger partial charge on any atom is 0.245 e. The number of aromatic nitrogens is 3. The molecule has 0 radical (unpaired) electrons. The summed E-state index contributed by atoms with van der Waals surface area (Å²) in [6.45, 7) is 8.96. The monoisotopic (exact) mass is 457 g/mol. The molecule has 0 aliphatic carbocycles. The van der Waals surface area contributed by atoms with Crippen LogP contribution in [-0.4, -0.2) is 52.2 Å². The minimum absolute atomic E-state index is 0.00639. The van der Waals surface area contributed by atoms with E-state index in [1.54, 1.807) is 0 Å². The van der Waals surface area contributed by atoms with E-state index < -0.39 is 0 Å². The van der Waals surface area contributed by atoms with Crippen molar-refractivity contribution in [3.05, 3.63) is 65.8 Å². The molecule has 0 unspecified atom stereocenters. The Morgan fingerprint density at radius 1 is 1.15 bits per heavy atom. The van der Waals surface area contributed by atoms with Crippen LogP contribution in [0.4, 0.5) is 5.82 Å². The molecular weight excluding hydrogens is 434 g/mol. The number of carbonyl (C=O) groups is 1. The van der Waals surface area contributed by atoms with E-state index in [9.17, 15) is 4.79 Å². The highest BCUT2D eigenvalue weighted by Crippen LogP contribution is 2.47. The van der Waals surface area contributed by atoms with Crippen molar-refractivity contribution in [1.29, 1.82) is 0 Å². The molecule has 1 N–H and O–H groups in total. The Kier molecular flexibility index (Phi) is 4.49. The second kappa shape index (κ2) is 7.32. The first kappa shape index (κ1) is 20.2. The molecule has 1 amide bonds. The summed E-state index contributed by atoms with van der Waals surface area (Å²) in [5, 5.41) is 10.1. The van der Waals surface area contributed by atoms with Gasteiger partial charge in [-0.3, -0.25) is 9.89 Å². The van der Waals surface area contributed by atoms with Crippen molar-refractivity contribution in [3.8, 4) is 11.1 Å². The Balaban J connectivity index is 1.47. The van der Waals surface area contributed by atoms with Crippen LogP contribution in [0.2, 0.25) is 5.02 Å². The lowest BCUT2D eigenvalue weighted by Crippen LogP contribution is -2.59. The molecule has 2 aromatic carbocycles. The Morgan fingerprint density at radius 2 is 1.97 bits per heavy atom. The standard InChI is InChI=1S/C26H24ClN5O/c1-3-21(33)32-14-26(15-32)10-11-31(13-26)25-24(27)23(17-6-4-5-7-19(17)29-25)22-16(2)8-9-20-18(22)12-28-30-20/h3-9,12H,1,10-11,13-15H2,2H3,(H,28,30). The van der Waals surface area contributed by atoms with Gasteiger partial charge in [-0.1, -0.05) is 42.4 Å². The molecule has 7 heteroatoms. The zero-order valence-electron chi connectivity index (χ0n) is 18.4. The van der Waals surface area contributed by atoms with Gasteiger partial charge >= 0.3 is 0 Å². The number of hydrogen-bond donors (Lipinski definition) is 1. The topological polar surface area (TPSA) is 65.1 Å². The number of nitrogens with one attached hydrogen (secondary N) is 1. The molecule has 2 saturated heterocycles. The molecule has 4 heterocycles. The van der Waals surface area contributed by atoms with Gasteiger partial charge in [-0.05, 0) is 42.7 Å². The van der Waals surface area contributed by atoms with Gasteiger partial charge in [-0.25, -0.2) is 4.98 Å². The van der Waals surface area contributed by atoms with Crippen molar-refractivity contribution >= 4 is 45.1 Å². The molecule has 0 saturated carbocycles. The van der Waals surface area contributed by atoms with Crippen molar-refractivity contribution < 1.29 is 4.79 Å². The zero-order chi connectivity index (χ0) is 22.7. The van der Waals surface area contributed by atoms with E-state index in [0.717, 1.165) is 76.9 Å². The Hall–Kier alpha value is -3.38. The lowest BCUT2D eigenvalue weighted by atomic mass is 9.79. The Morgan fingerprint density at radius 3 is 2.79 bits per heavy atom. The van der Waals surface area contributed by atoms with Crippen molar-refractivity contribution in [2.45, 2.75) is 13.3 Å². The third kappa shape index (κ3) is 3.04. The second-order valence-electron chi connectivity index (χ2n) is 9.30. The Labute approximate surface area is 196 Å². The molecule has 2 aliphatic heterocycles. The molecule has 0 atom stereocenters. The molecule has 4 aromatic rings. The molecule has 6 nitrogen and oxygen atoms in total. The average molecular weight is 458 g/mol. The van der Waals surface area contributed by atoms with E-state index >= 15 is 0 Å². The lowest BCUT2D eigenvalue weighted by Gasteiger charge is -2.47. The van der Waals surface area contributed by atoms with Crippen molar-refractivity contribution in [2.24, 2.45) is 5.41 Å². The van der Waals surface area contributed by atoms with Crippen LogP contribution in [0.3, 0.4) is 0 Å². The number of fused-ring (bicyclic) bond motifs is 2. The van der Waals surface area contributed by atoms with E-state index in [-0.39, 0.29) is 11.3 Å². The fraction of sp³-hybridized carbons (Fsp3) is 0.269. The maximum atomic E-state index is 12.0. The number of pyridine rings is 1. The number of anilines is 1. The van der Waals surface area contributed by atoms with Gasteiger partial charge in [0.15, 0.2) is 0 Å². The van der Waals surface area contributed by atoms with E-state index in [2.05, 4.69) is 46.8 Å². The number of amides is 1. The SMILES string of the molecule is C=CC(=O)N1CC2(CCN(c3nc4ccccc4c(-c4c(C)ccc5[nH]ncc45)c3Cl)C2)C1. The van der Waals surface area contributed by atoms with Crippen molar-refractivity contribution in [2.75, 3.05) is 31.1 Å². The molecule has 2 fully saturated rings. The summed E-state index contributed by atoms with van der Waals surface area (Å²) >= 11 is 7.19. The molecule has 2 aliphatic rings. The minimum atomic E-state index is 0.00639. The van der Waals surface area contributed by atoms with E-state index in [0.29, 0.717) is 5.02 Å². The van der Waals surface area contributed by atoms with E-state index in [4.69, 9.17) is 16.6 Å². The zero-order valence-corrected chi connectivity index (χ0v) is 19.2. The number of para-hydroxylation sites is 1. The number of nitrogens with zero attached hydrogens (tertiary/aromatic N) is 4. The first-order valence-corrected chi connectivity index (χ1v) is 11.6. The van der Waals surface area contributed by atoms with Gasteiger partial charge in [-0.15, -0.1) is 0 Å². The molecular formula is C26H24ClN5O. The fourth-order valence-corrected chi connectivity index (χ4v) is 5.87. The summed E-state index contributed by atoms with van der Waals surface area (Å²) in [5.41, 5.74) is 5.24. The van der Waals surface area contributed by atoms with Gasteiger partial charge in [0.2, 0.25) is 5.91 Å². The fourth-order valence-electron chi connectivity index (χ4n) is 5.51. The van der Waals surface area contributed by atoms with Gasteiger partial charge in [-0.2, -0.15) is 5.10 Å². The Bertz CT molecular complexity index is 1440. The predicted molar refractivity (Wildman–Crippen MR) is 133 cm³/mol. The molecule has 1 spiro atoms. The molecule has 0 bridgehead atoms. The number of rotatable bonds is 3. The first-order valence-electron chi connectivity index (χ1n) is 11.2. The summed E-state index contributed by atoms with van der Waals surface area (Å²) in [4.78, 5) is 21.1. The third-order valence-corrected chi connectivity index (χ3v) is 7.53. The van der Waals surface area contributed by atoms with Gasteiger partial charge < -0.3 is 9.80 Å². The maximum absolute atomic E-state index is 12.0. The molecule has 2 aromatic heterocycles. The summed E-state index contributed by atoms with van der Waals surface area (Å²) < 4.78 is 0. The van der Waals surface area contributed by atoms with E-state index in [1.165, 1.54) is 6.08 Å². The number of likely N-dealkylation sites (tertiary alicyclic amines) is 1. The number of benzene rings is 2. The second-order valence-corrected chi connectivity index (χ2v) is 9.68. The minimum Gasteiger partial charge on any atom is -0.355 e. The highest BCUT2D eigenvalue weighted by atomic mass is 35.5. The number of aryl methyl sites for hydroxylation is 1. The van der Waals surface area contributed by atoms with Crippen LogP contribution in [0.15, 0.2) is 55.3 Å². The summed E-state index contributed by atoms with van der Waals surface area (Å²) in [5.74, 6) is 0.822. The average Bonchev–Trinajstić information content (AvgIpc) is 3.46. The van der Waals surface area contributed by atoms with Gasteiger partial charge in [0.25, 0.3) is 0 Å². The van der Waals surface area contributed by atoms with Crippen LogP contribution in [0.5, 0.6) is 0 Å². The lowest BCUT2D eigenvalue weighted by molar-refractivity contribution is -0.136. The first-order chi connectivity index (χ1) is 16.0. The van der Waals surface area contributed by atoms with Crippen LogP contribution in [0, 0.1) is 12.3 Å². The van der Waals surface area contributed by atoms with Crippen molar-refractivity contribution in [1.82, 2.24) is 20.1 Å². The summed E-state index contributed by atoms with van der Waals surface area (Å²) in [6, 6.07) is 12.3. The van der Waals surface area contributed by atoms with Gasteiger partial charge in [0.1, 0.15) is 5.82 Å². The third-order valence-electron chi connectivity index (χ3n) is 7.17. The van der Waals surface area contributed by atoms with Crippen LogP contribution in [-0.2, 0) is 4.79 Å². The number of H-pyrrole nitrogens is 1. The normalized spacial score (nSPS) is 17.2. The largest absolute Gasteiger partial charge is 0.355 e. The highest BCUT2D eigenvalue weighted by molar-refractivity contribution is 6.38.